The summed E-state index contributed by atoms with van der Waals surface area (Å²) in [6.07, 6.45) is 6.23. The van der Waals surface area contributed by atoms with Gasteiger partial charge in [0.1, 0.15) is 11.6 Å². The molecule has 1 aliphatic carbocycles. The molecule has 26 heavy (non-hydrogen) atoms. The zero-order chi connectivity index (χ0) is 18.1. The zero-order valence-corrected chi connectivity index (χ0v) is 14.4. The number of halogens is 1. The van der Waals surface area contributed by atoms with E-state index in [1.165, 1.54) is 23.8 Å². The molecule has 2 aliphatic rings. The minimum Gasteiger partial charge on any atom is -0.311 e. The second-order valence-corrected chi connectivity index (χ2v) is 6.95. The van der Waals surface area contributed by atoms with Gasteiger partial charge >= 0.3 is 0 Å². The summed E-state index contributed by atoms with van der Waals surface area (Å²) in [4.78, 5) is 26.3. The Balaban J connectivity index is 1.46. The Kier molecular flexibility index (Phi) is 4.44. The van der Waals surface area contributed by atoms with Gasteiger partial charge in [-0.25, -0.2) is 9.07 Å². The number of rotatable bonds is 4. The highest BCUT2D eigenvalue weighted by atomic mass is 19.1. The molecule has 1 aromatic carbocycles. The number of hydrogen-bond donors (Lipinski definition) is 1. The van der Waals surface area contributed by atoms with E-state index in [0.717, 1.165) is 12.8 Å². The lowest BCUT2D eigenvalue weighted by Gasteiger charge is -2.18. The summed E-state index contributed by atoms with van der Waals surface area (Å²) < 4.78 is 15.8. The van der Waals surface area contributed by atoms with Crippen molar-refractivity contribution in [3.63, 3.8) is 0 Å². The SMILES string of the molecule is O=C(Nc1ccnn1C1CCCC1)C1CC(=O)N(c2ccccc2F)C1. The molecule has 7 heteroatoms. The van der Waals surface area contributed by atoms with Crippen LogP contribution in [-0.4, -0.2) is 28.1 Å². The van der Waals surface area contributed by atoms with Gasteiger partial charge in [-0.1, -0.05) is 25.0 Å². The van der Waals surface area contributed by atoms with Crippen molar-refractivity contribution in [3.8, 4) is 0 Å². The molecule has 2 fully saturated rings. The van der Waals surface area contributed by atoms with E-state index < -0.39 is 11.7 Å². The molecule has 2 aromatic rings. The zero-order valence-electron chi connectivity index (χ0n) is 14.4. The van der Waals surface area contributed by atoms with E-state index in [2.05, 4.69) is 10.4 Å². The molecule has 1 N–H and O–H groups in total. The molecule has 1 aliphatic heterocycles. The highest BCUT2D eigenvalue weighted by Crippen LogP contribution is 2.32. The molecule has 1 unspecified atom stereocenters. The number of anilines is 2. The first-order valence-electron chi connectivity index (χ1n) is 9.03. The van der Waals surface area contributed by atoms with Gasteiger partial charge in [0.15, 0.2) is 0 Å². The Morgan fingerprint density at radius 1 is 1.19 bits per heavy atom. The van der Waals surface area contributed by atoms with Gasteiger partial charge in [0.2, 0.25) is 11.8 Å². The number of carbonyl (C=O) groups excluding carboxylic acids is 2. The Morgan fingerprint density at radius 3 is 2.73 bits per heavy atom. The van der Waals surface area contributed by atoms with Crippen molar-refractivity contribution in [1.29, 1.82) is 0 Å². The molecule has 4 rings (SSSR count). The van der Waals surface area contributed by atoms with Gasteiger partial charge in [0.25, 0.3) is 0 Å². The van der Waals surface area contributed by atoms with E-state index in [4.69, 9.17) is 0 Å². The van der Waals surface area contributed by atoms with Crippen LogP contribution in [0, 0.1) is 11.7 Å². The molecule has 136 valence electrons. The normalized spacial score (nSPS) is 20.7. The third-order valence-electron chi connectivity index (χ3n) is 5.23. The first-order chi connectivity index (χ1) is 12.6. The van der Waals surface area contributed by atoms with Crippen LogP contribution in [-0.2, 0) is 9.59 Å². The van der Waals surface area contributed by atoms with Crippen molar-refractivity contribution in [2.75, 3.05) is 16.8 Å². The second kappa shape index (κ2) is 6.90. The minimum atomic E-state index is -0.506. The van der Waals surface area contributed by atoms with E-state index in [1.54, 1.807) is 30.5 Å². The molecule has 1 aromatic heterocycles. The van der Waals surface area contributed by atoms with Gasteiger partial charge in [0.05, 0.1) is 23.8 Å². The van der Waals surface area contributed by atoms with E-state index in [1.807, 2.05) is 4.68 Å². The van der Waals surface area contributed by atoms with E-state index in [9.17, 15) is 14.0 Å². The van der Waals surface area contributed by atoms with E-state index in [-0.39, 0.29) is 30.5 Å². The molecule has 1 saturated carbocycles. The Bertz CT molecular complexity index is 828. The third kappa shape index (κ3) is 3.09. The molecule has 6 nitrogen and oxygen atoms in total. The number of hydrogen-bond acceptors (Lipinski definition) is 3. The summed E-state index contributed by atoms with van der Waals surface area (Å²) in [5, 5.41) is 7.25. The summed E-state index contributed by atoms with van der Waals surface area (Å²) in [5.74, 6) is -0.759. The van der Waals surface area contributed by atoms with E-state index >= 15 is 0 Å². The van der Waals surface area contributed by atoms with Crippen molar-refractivity contribution < 1.29 is 14.0 Å². The van der Waals surface area contributed by atoms with Crippen molar-refractivity contribution in [2.24, 2.45) is 5.92 Å². The topological polar surface area (TPSA) is 67.2 Å². The molecule has 2 amide bonds. The standard InChI is InChI=1S/C19H21FN4O2/c20-15-7-3-4-8-16(15)23-12-13(11-18(23)25)19(26)22-17-9-10-21-24(17)14-5-1-2-6-14/h3-4,7-10,13-14H,1-2,5-6,11-12H2,(H,22,26). The van der Waals surface area contributed by atoms with Gasteiger partial charge < -0.3 is 10.2 Å². The number of nitrogens with one attached hydrogen (secondary N) is 1. The fraction of sp³-hybridized carbons (Fsp3) is 0.421. The van der Waals surface area contributed by atoms with Crippen LogP contribution >= 0.6 is 0 Å². The number of nitrogens with zero attached hydrogens (tertiary/aromatic N) is 3. The molecular weight excluding hydrogens is 335 g/mol. The van der Waals surface area contributed by atoms with Gasteiger partial charge in [-0.05, 0) is 25.0 Å². The summed E-state index contributed by atoms with van der Waals surface area (Å²) in [5.41, 5.74) is 0.226. The number of para-hydroxylation sites is 1. The largest absolute Gasteiger partial charge is 0.311 e. The average molecular weight is 356 g/mol. The predicted molar refractivity (Wildman–Crippen MR) is 95.2 cm³/mol. The summed E-state index contributed by atoms with van der Waals surface area (Å²) in [7, 11) is 0. The summed E-state index contributed by atoms with van der Waals surface area (Å²) >= 11 is 0. The molecule has 1 saturated heterocycles. The maximum atomic E-state index is 14.0. The quantitative estimate of drug-likeness (QED) is 0.915. The fourth-order valence-corrected chi connectivity index (χ4v) is 3.87. The maximum absolute atomic E-state index is 14.0. The lowest BCUT2D eigenvalue weighted by molar-refractivity contribution is -0.122. The van der Waals surface area contributed by atoms with Crippen molar-refractivity contribution in [1.82, 2.24) is 9.78 Å². The highest BCUT2D eigenvalue weighted by Gasteiger charge is 2.36. The lowest BCUT2D eigenvalue weighted by Crippen LogP contribution is -2.29. The van der Waals surface area contributed by atoms with Crippen molar-refractivity contribution >= 4 is 23.3 Å². The predicted octanol–water partition coefficient (Wildman–Crippen LogP) is 3.13. The number of benzene rings is 1. The van der Waals surface area contributed by atoms with Crippen LogP contribution in [0.15, 0.2) is 36.5 Å². The van der Waals surface area contributed by atoms with Crippen molar-refractivity contribution in [2.45, 2.75) is 38.1 Å². The average Bonchev–Trinajstić information content (AvgIpc) is 3.35. The van der Waals surface area contributed by atoms with Crippen LogP contribution < -0.4 is 10.2 Å². The molecule has 0 radical (unpaired) electrons. The molecule has 2 heterocycles. The Morgan fingerprint density at radius 2 is 1.96 bits per heavy atom. The first-order valence-corrected chi connectivity index (χ1v) is 9.03. The van der Waals surface area contributed by atoms with Crippen molar-refractivity contribution in [3.05, 3.63) is 42.3 Å². The monoisotopic (exact) mass is 356 g/mol. The number of carbonyl (C=O) groups is 2. The number of aromatic nitrogens is 2. The Hall–Kier alpha value is -2.70. The fourth-order valence-electron chi connectivity index (χ4n) is 3.87. The van der Waals surface area contributed by atoms with Crippen LogP contribution in [0.2, 0.25) is 0 Å². The molecular formula is C19H21FN4O2. The molecule has 0 bridgehead atoms. The van der Waals surface area contributed by atoms with E-state index in [0.29, 0.717) is 11.9 Å². The summed E-state index contributed by atoms with van der Waals surface area (Å²) in [6.45, 7) is 0.184. The smallest absolute Gasteiger partial charge is 0.230 e. The maximum Gasteiger partial charge on any atom is 0.230 e. The van der Waals surface area contributed by atoms with Crippen LogP contribution in [0.1, 0.15) is 38.1 Å². The van der Waals surface area contributed by atoms with Gasteiger partial charge in [-0.15, -0.1) is 0 Å². The lowest BCUT2D eigenvalue weighted by atomic mass is 10.1. The van der Waals surface area contributed by atoms with Crippen LogP contribution in [0.3, 0.4) is 0 Å². The van der Waals surface area contributed by atoms with Gasteiger partial charge in [-0.2, -0.15) is 5.10 Å². The summed E-state index contributed by atoms with van der Waals surface area (Å²) in [6, 6.07) is 8.23. The Labute approximate surface area is 151 Å². The van der Waals surface area contributed by atoms with Gasteiger partial charge in [0, 0.05) is 19.0 Å². The number of amides is 2. The van der Waals surface area contributed by atoms with Crippen LogP contribution in [0.4, 0.5) is 15.9 Å². The first kappa shape index (κ1) is 16.8. The third-order valence-corrected chi connectivity index (χ3v) is 5.23. The second-order valence-electron chi connectivity index (χ2n) is 6.95. The molecule has 1 atom stereocenters. The van der Waals surface area contributed by atoms with Gasteiger partial charge in [-0.3, -0.25) is 9.59 Å². The van der Waals surface area contributed by atoms with Crippen LogP contribution in [0.25, 0.3) is 0 Å². The minimum absolute atomic E-state index is 0.0811. The highest BCUT2D eigenvalue weighted by molar-refractivity contribution is 6.03. The molecule has 0 spiro atoms. The van der Waals surface area contributed by atoms with Crippen LogP contribution in [0.5, 0.6) is 0 Å².